The van der Waals surface area contributed by atoms with Crippen molar-refractivity contribution in [3.05, 3.63) is 40.3 Å². The highest BCUT2D eigenvalue weighted by Gasteiger charge is 2.11. The number of nitrogens with zero attached hydrogens (tertiary/aromatic N) is 2. The Labute approximate surface area is 130 Å². The van der Waals surface area contributed by atoms with Gasteiger partial charge in [0.15, 0.2) is 5.82 Å². The summed E-state index contributed by atoms with van der Waals surface area (Å²) in [6.45, 7) is 2.03. The molecule has 3 aromatic rings. The maximum Gasteiger partial charge on any atom is 0.231 e. The Morgan fingerprint density at radius 3 is 3.05 bits per heavy atom. The van der Waals surface area contributed by atoms with Gasteiger partial charge in [0.05, 0.1) is 17.0 Å². The molecular formula is C14H14N4OS2. The monoisotopic (exact) mass is 318 g/mol. The van der Waals surface area contributed by atoms with Gasteiger partial charge in [0.25, 0.3) is 0 Å². The molecule has 5 nitrogen and oxygen atoms in total. The van der Waals surface area contributed by atoms with Gasteiger partial charge < -0.3 is 5.32 Å². The van der Waals surface area contributed by atoms with Crippen molar-refractivity contribution in [2.45, 2.75) is 19.8 Å². The summed E-state index contributed by atoms with van der Waals surface area (Å²) in [4.78, 5) is 17.6. The highest BCUT2D eigenvalue weighted by atomic mass is 32.1. The van der Waals surface area contributed by atoms with E-state index in [1.807, 2.05) is 35.9 Å². The molecule has 3 rings (SSSR count). The lowest BCUT2D eigenvalue weighted by Crippen LogP contribution is -2.14. The Morgan fingerprint density at radius 1 is 1.43 bits per heavy atom. The quantitative estimate of drug-likeness (QED) is 0.758. The van der Waals surface area contributed by atoms with Crippen LogP contribution >= 0.6 is 22.7 Å². The number of hydrogen-bond donors (Lipinski definition) is 2. The fraction of sp³-hybridized carbons (Fsp3) is 0.214. The Kier molecular flexibility index (Phi) is 4.12. The molecule has 0 bridgehead atoms. The van der Waals surface area contributed by atoms with Gasteiger partial charge in [-0.05, 0) is 17.9 Å². The summed E-state index contributed by atoms with van der Waals surface area (Å²) in [5.41, 5.74) is 1.78. The molecular weight excluding hydrogens is 304 g/mol. The predicted octanol–water partition coefficient (Wildman–Crippen LogP) is 3.34. The van der Waals surface area contributed by atoms with Crippen LogP contribution in [0.25, 0.3) is 9.88 Å². The topological polar surface area (TPSA) is 70.7 Å². The van der Waals surface area contributed by atoms with E-state index in [4.69, 9.17) is 0 Å². The Bertz CT molecular complexity index is 730. The minimum absolute atomic E-state index is 0.104. The summed E-state index contributed by atoms with van der Waals surface area (Å²) < 4.78 is 0. The lowest BCUT2D eigenvalue weighted by molar-refractivity contribution is -0.115. The first-order valence-electron chi connectivity index (χ1n) is 6.57. The molecule has 0 aromatic carbocycles. The zero-order valence-electron chi connectivity index (χ0n) is 11.4. The second kappa shape index (κ2) is 6.19. The third-order valence-electron chi connectivity index (χ3n) is 2.90. The van der Waals surface area contributed by atoms with Crippen molar-refractivity contribution in [3.63, 3.8) is 0 Å². The number of nitrogens with one attached hydrogen (secondary N) is 2. The smallest absolute Gasteiger partial charge is 0.231 e. The van der Waals surface area contributed by atoms with E-state index in [2.05, 4.69) is 20.5 Å². The highest BCUT2D eigenvalue weighted by molar-refractivity contribution is 7.20. The van der Waals surface area contributed by atoms with Crippen LogP contribution in [-0.4, -0.2) is 21.1 Å². The molecule has 0 fully saturated rings. The number of carbonyl (C=O) groups excluding carboxylic acids is 1. The number of aryl methyl sites for hydroxylation is 1. The van der Waals surface area contributed by atoms with E-state index in [0.717, 1.165) is 27.7 Å². The van der Waals surface area contributed by atoms with Crippen molar-refractivity contribution in [1.82, 2.24) is 15.2 Å². The van der Waals surface area contributed by atoms with E-state index >= 15 is 0 Å². The van der Waals surface area contributed by atoms with E-state index in [1.54, 1.807) is 22.7 Å². The molecule has 0 aliphatic carbocycles. The molecule has 21 heavy (non-hydrogen) atoms. The average molecular weight is 318 g/mol. The average Bonchev–Trinajstić information content (AvgIpc) is 3.19. The van der Waals surface area contributed by atoms with Gasteiger partial charge in [0.2, 0.25) is 5.91 Å². The van der Waals surface area contributed by atoms with Gasteiger partial charge >= 0.3 is 0 Å². The SMILES string of the molecule is CCc1cc(NC(=O)Cc2csc(-c3cccs3)n2)n[nH]1. The largest absolute Gasteiger partial charge is 0.309 e. The van der Waals surface area contributed by atoms with E-state index < -0.39 is 0 Å². The number of anilines is 1. The van der Waals surface area contributed by atoms with E-state index in [1.165, 1.54) is 0 Å². The molecule has 0 saturated heterocycles. The van der Waals surface area contributed by atoms with Crippen molar-refractivity contribution < 1.29 is 4.79 Å². The number of hydrogen-bond acceptors (Lipinski definition) is 5. The molecule has 0 saturated carbocycles. The van der Waals surface area contributed by atoms with Crippen molar-refractivity contribution in [2.24, 2.45) is 0 Å². The van der Waals surface area contributed by atoms with Crippen molar-refractivity contribution in [3.8, 4) is 9.88 Å². The number of aromatic nitrogens is 3. The predicted molar refractivity (Wildman–Crippen MR) is 85.7 cm³/mol. The van der Waals surface area contributed by atoms with Crippen LogP contribution in [0.1, 0.15) is 18.3 Å². The molecule has 0 radical (unpaired) electrons. The van der Waals surface area contributed by atoms with Crippen LogP contribution in [0.4, 0.5) is 5.82 Å². The summed E-state index contributed by atoms with van der Waals surface area (Å²) in [7, 11) is 0. The lowest BCUT2D eigenvalue weighted by atomic mass is 10.3. The molecule has 2 N–H and O–H groups in total. The number of thiazole rings is 1. The second-order valence-corrected chi connectivity index (χ2v) is 6.28. The van der Waals surface area contributed by atoms with Crippen LogP contribution in [0.5, 0.6) is 0 Å². The maximum absolute atomic E-state index is 12.0. The van der Waals surface area contributed by atoms with E-state index in [9.17, 15) is 4.79 Å². The van der Waals surface area contributed by atoms with Crippen LogP contribution in [0.2, 0.25) is 0 Å². The fourth-order valence-electron chi connectivity index (χ4n) is 1.86. The summed E-state index contributed by atoms with van der Waals surface area (Å²) in [5, 5.41) is 14.6. The lowest BCUT2D eigenvalue weighted by Gasteiger charge is -1.98. The van der Waals surface area contributed by atoms with Gasteiger partial charge in [-0.15, -0.1) is 22.7 Å². The second-order valence-electron chi connectivity index (χ2n) is 4.48. The first kappa shape index (κ1) is 14.0. The van der Waals surface area contributed by atoms with Gasteiger partial charge in [0.1, 0.15) is 5.01 Å². The summed E-state index contributed by atoms with van der Waals surface area (Å²) in [6.07, 6.45) is 1.12. The number of amides is 1. The summed E-state index contributed by atoms with van der Waals surface area (Å²) in [6, 6.07) is 5.87. The normalized spacial score (nSPS) is 10.7. The minimum Gasteiger partial charge on any atom is -0.309 e. The Morgan fingerprint density at radius 2 is 2.33 bits per heavy atom. The first-order valence-corrected chi connectivity index (χ1v) is 8.33. The molecule has 0 aliphatic rings. The maximum atomic E-state index is 12.0. The Balaban J connectivity index is 1.62. The van der Waals surface area contributed by atoms with Crippen LogP contribution in [0.3, 0.4) is 0 Å². The molecule has 7 heteroatoms. The van der Waals surface area contributed by atoms with E-state index in [0.29, 0.717) is 5.82 Å². The molecule has 0 aliphatic heterocycles. The Hall–Kier alpha value is -1.99. The van der Waals surface area contributed by atoms with E-state index in [-0.39, 0.29) is 12.3 Å². The molecule has 0 spiro atoms. The molecule has 3 heterocycles. The van der Waals surface area contributed by atoms with Crippen molar-refractivity contribution in [1.29, 1.82) is 0 Å². The molecule has 108 valence electrons. The third-order valence-corrected chi connectivity index (χ3v) is 4.83. The molecule has 0 unspecified atom stereocenters. The van der Waals surface area contributed by atoms with Crippen molar-refractivity contribution in [2.75, 3.05) is 5.32 Å². The van der Waals surface area contributed by atoms with Gasteiger partial charge in [-0.1, -0.05) is 13.0 Å². The molecule has 1 amide bonds. The standard InChI is InChI=1S/C14H14N4OS2/c1-2-9-6-12(18-17-9)16-13(19)7-10-8-21-14(15-10)11-4-3-5-20-11/h3-6,8H,2,7H2,1H3,(H2,16,17,18,19). The van der Waals surface area contributed by atoms with Crippen LogP contribution in [0, 0.1) is 0 Å². The number of carbonyl (C=O) groups is 1. The number of rotatable bonds is 5. The number of H-pyrrole nitrogens is 1. The fourth-order valence-corrected chi connectivity index (χ4v) is 3.49. The van der Waals surface area contributed by atoms with Gasteiger partial charge in [-0.2, -0.15) is 5.10 Å². The zero-order valence-corrected chi connectivity index (χ0v) is 13.1. The molecule has 0 atom stereocenters. The molecule has 3 aromatic heterocycles. The van der Waals surface area contributed by atoms with Gasteiger partial charge in [-0.3, -0.25) is 9.89 Å². The minimum atomic E-state index is -0.104. The summed E-state index contributed by atoms with van der Waals surface area (Å²) in [5.74, 6) is 0.456. The third kappa shape index (κ3) is 3.37. The summed E-state index contributed by atoms with van der Waals surface area (Å²) >= 11 is 3.21. The van der Waals surface area contributed by atoms with Crippen LogP contribution in [0.15, 0.2) is 29.0 Å². The number of thiophene rings is 1. The zero-order chi connectivity index (χ0) is 14.7. The number of aromatic amines is 1. The van der Waals surface area contributed by atoms with Gasteiger partial charge in [0, 0.05) is 17.1 Å². The first-order chi connectivity index (χ1) is 10.2. The van der Waals surface area contributed by atoms with Crippen LogP contribution < -0.4 is 5.32 Å². The van der Waals surface area contributed by atoms with Crippen LogP contribution in [-0.2, 0) is 17.6 Å². The van der Waals surface area contributed by atoms with Crippen molar-refractivity contribution >= 4 is 34.4 Å². The van der Waals surface area contributed by atoms with Gasteiger partial charge in [-0.25, -0.2) is 4.98 Å². The highest BCUT2D eigenvalue weighted by Crippen LogP contribution is 2.27.